The van der Waals surface area contributed by atoms with Gasteiger partial charge in [-0.3, -0.25) is 5.10 Å². The van der Waals surface area contributed by atoms with Crippen molar-refractivity contribution in [2.75, 3.05) is 13.6 Å². The quantitative estimate of drug-likeness (QED) is 0.615. The average Bonchev–Trinajstić information content (AvgIpc) is 2.81. The first kappa shape index (κ1) is 18.1. The molecule has 1 rings (SSSR count). The van der Waals surface area contributed by atoms with Gasteiger partial charge >= 0.3 is 0 Å². The molecule has 1 unspecified atom stereocenters. The van der Waals surface area contributed by atoms with Gasteiger partial charge in [0.05, 0.1) is 11.4 Å². The van der Waals surface area contributed by atoms with Gasteiger partial charge in [-0.25, -0.2) is 13.1 Å². The molecule has 6 nitrogen and oxygen atoms in total. The smallest absolute Gasteiger partial charge is 0.244 e. The van der Waals surface area contributed by atoms with Crippen molar-refractivity contribution in [1.82, 2.24) is 20.2 Å². The monoisotopic (exact) mass is 316 g/mol. The van der Waals surface area contributed by atoms with Crippen LogP contribution in [0.3, 0.4) is 0 Å². The van der Waals surface area contributed by atoms with Crippen LogP contribution in [-0.2, 0) is 16.6 Å². The summed E-state index contributed by atoms with van der Waals surface area (Å²) in [5.41, 5.74) is 1.11. The summed E-state index contributed by atoms with van der Waals surface area (Å²) in [7, 11) is -1.74. The van der Waals surface area contributed by atoms with Crippen molar-refractivity contribution in [3.63, 3.8) is 0 Å². The lowest BCUT2D eigenvalue weighted by Crippen LogP contribution is -2.30. The molecule has 0 bridgehead atoms. The van der Waals surface area contributed by atoms with Crippen molar-refractivity contribution in [3.05, 3.63) is 11.4 Å². The number of H-pyrrole nitrogens is 1. The normalized spacial score (nSPS) is 13.5. The number of aryl methyl sites for hydroxylation is 1. The molecule has 1 heterocycles. The standard InChI is InChI=1S/C14H28N4O2S/c1-5-7-8-12(6-2)9-16-21(19,20)14-11(3)17-18-13(14)10-15-4/h12,15-16H,5-10H2,1-4H3,(H,17,18). The topological polar surface area (TPSA) is 86.9 Å². The van der Waals surface area contributed by atoms with E-state index in [-0.39, 0.29) is 4.90 Å². The summed E-state index contributed by atoms with van der Waals surface area (Å²) >= 11 is 0. The fourth-order valence-corrected chi connectivity index (χ4v) is 3.83. The van der Waals surface area contributed by atoms with Crippen LogP contribution in [0.2, 0.25) is 0 Å². The van der Waals surface area contributed by atoms with Crippen LogP contribution in [0.15, 0.2) is 4.90 Å². The fourth-order valence-electron chi connectivity index (χ4n) is 2.36. The largest absolute Gasteiger partial charge is 0.314 e. The van der Waals surface area contributed by atoms with E-state index in [0.29, 0.717) is 30.4 Å². The first-order chi connectivity index (χ1) is 9.96. The average molecular weight is 316 g/mol. The molecule has 0 amide bonds. The Kier molecular flexibility index (Phi) is 7.34. The lowest BCUT2D eigenvalue weighted by molar-refractivity contribution is 0.443. The highest BCUT2D eigenvalue weighted by Gasteiger charge is 2.24. The molecule has 0 spiro atoms. The van der Waals surface area contributed by atoms with E-state index in [9.17, 15) is 8.42 Å². The van der Waals surface area contributed by atoms with Gasteiger partial charge in [0.2, 0.25) is 10.0 Å². The van der Waals surface area contributed by atoms with Crippen LogP contribution < -0.4 is 10.0 Å². The molecule has 7 heteroatoms. The second-order valence-electron chi connectivity index (χ2n) is 5.42. The molecule has 0 fully saturated rings. The van der Waals surface area contributed by atoms with E-state index in [2.05, 4.69) is 34.1 Å². The Morgan fingerprint density at radius 2 is 2.05 bits per heavy atom. The number of unbranched alkanes of at least 4 members (excludes halogenated alkanes) is 1. The van der Waals surface area contributed by atoms with E-state index >= 15 is 0 Å². The zero-order chi connectivity index (χ0) is 15.9. The molecular formula is C14H28N4O2S. The third kappa shape index (κ3) is 5.09. The predicted octanol–water partition coefficient (Wildman–Crippen LogP) is 1.93. The third-order valence-corrected chi connectivity index (χ3v) is 5.31. The maximum atomic E-state index is 12.5. The number of hydrogen-bond donors (Lipinski definition) is 3. The zero-order valence-corrected chi connectivity index (χ0v) is 14.3. The van der Waals surface area contributed by atoms with E-state index in [0.717, 1.165) is 25.7 Å². The van der Waals surface area contributed by atoms with Gasteiger partial charge in [0.25, 0.3) is 0 Å². The third-order valence-electron chi connectivity index (χ3n) is 3.68. The molecule has 1 aromatic rings. The Balaban J connectivity index is 2.79. The summed E-state index contributed by atoms with van der Waals surface area (Å²) in [6.45, 7) is 6.89. The molecule has 1 atom stereocenters. The minimum Gasteiger partial charge on any atom is -0.314 e. The lowest BCUT2D eigenvalue weighted by atomic mass is 10.00. The Morgan fingerprint density at radius 1 is 1.33 bits per heavy atom. The van der Waals surface area contributed by atoms with Crippen molar-refractivity contribution < 1.29 is 8.42 Å². The number of rotatable bonds is 10. The molecule has 0 radical (unpaired) electrons. The zero-order valence-electron chi connectivity index (χ0n) is 13.5. The molecule has 0 aromatic carbocycles. The van der Waals surface area contributed by atoms with E-state index in [4.69, 9.17) is 0 Å². The van der Waals surface area contributed by atoms with Crippen LogP contribution in [0.1, 0.15) is 50.9 Å². The van der Waals surface area contributed by atoms with Crippen molar-refractivity contribution in [2.24, 2.45) is 5.92 Å². The SMILES string of the molecule is CCCCC(CC)CNS(=O)(=O)c1c(CNC)n[nH]c1C. The molecule has 0 saturated heterocycles. The molecule has 1 aromatic heterocycles. The van der Waals surface area contributed by atoms with Crippen molar-refractivity contribution in [3.8, 4) is 0 Å². The fraction of sp³-hybridized carbons (Fsp3) is 0.786. The molecule has 3 N–H and O–H groups in total. The maximum Gasteiger partial charge on any atom is 0.244 e. The summed E-state index contributed by atoms with van der Waals surface area (Å²) in [6, 6.07) is 0. The molecule has 0 saturated carbocycles. The van der Waals surface area contributed by atoms with Gasteiger partial charge in [-0.1, -0.05) is 33.1 Å². The maximum absolute atomic E-state index is 12.5. The minimum absolute atomic E-state index is 0.280. The highest BCUT2D eigenvalue weighted by molar-refractivity contribution is 7.89. The van der Waals surface area contributed by atoms with Crippen LogP contribution in [0.25, 0.3) is 0 Å². The predicted molar refractivity (Wildman–Crippen MR) is 84.6 cm³/mol. The van der Waals surface area contributed by atoms with Crippen LogP contribution in [0.4, 0.5) is 0 Å². The van der Waals surface area contributed by atoms with Gasteiger partial charge < -0.3 is 5.32 Å². The molecule has 21 heavy (non-hydrogen) atoms. The van der Waals surface area contributed by atoms with E-state index in [1.807, 2.05) is 0 Å². The first-order valence-corrected chi connectivity index (χ1v) is 9.12. The second-order valence-corrected chi connectivity index (χ2v) is 7.13. The molecule has 0 aliphatic carbocycles. The summed E-state index contributed by atoms with van der Waals surface area (Å²) in [5.74, 6) is 0.389. The van der Waals surface area contributed by atoms with Gasteiger partial charge in [0.15, 0.2) is 0 Å². The Morgan fingerprint density at radius 3 is 2.62 bits per heavy atom. The van der Waals surface area contributed by atoms with E-state index < -0.39 is 10.0 Å². The summed E-state index contributed by atoms with van der Waals surface area (Å²) in [6.07, 6.45) is 4.31. The Labute approximate surface area is 128 Å². The second kappa shape index (κ2) is 8.51. The number of aromatic amines is 1. The number of sulfonamides is 1. The van der Waals surface area contributed by atoms with Gasteiger partial charge in [-0.05, 0) is 26.3 Å². The highest BCUT2D eigenvalue weighted by Crippen LogP contribution is 2.18. The molecular weight excluding hydrogens is 288 g/mol. The van der Waals surface area contributed by atoms with Gasteiger partial charge in [-0.2, -0.15) is 5.10 Å². The van der Waals surface area contributed by atoms with Gasteiger partial charge in [0.1, 0.15) is 4.90 Å². The van der Waals surface area contributed by atoms with Crippen LogP contribution in [0, 0.1) is 12.8 Å². The summed E-state index contributed by atoms with van der Waals surface area (Å²) in [5, 5.41) is 9.76. The van der Waals surface area contributed by atoms with Crippen LogP contribution >= 0.6 is 0 Å². The van der Waals surface area contributed by atoms with E-state index in [1.165, 1.54) is 0 Å². The van der Waals surface area contributed by atoms with Crippen LogP contribution in [-0.4, -0.2) is 32.2 Å². The van der Waals surface area contributed by atoms with Crippen molar-refractivity contribution in [2.45, 2.75) is 57.9 Å². The Bertz CT molecular complexity index is 525. The summed E-state index contributed by atoms with van der Waals surface area (Å²) in [4.78, 5) is 0.280. The number of aromatic nitrogens is 2. The first-order valence-electron chi connectivity index (χ1n) is 7.64. The minimum atomic E-state index is -3.51. The molecule has 0 aliphatic rings. The summed E-state index contributed by atoms with van der Waals surface area (Å²) < 4.78 is 27.8. The number of hydrogen-bond acceptors (Lipinski definition) is 4. The van der Waals surface area contributed by atoms with Crippen LogP contribution in [0.5, 0.6) is 0 Å². The van der Waals surface area contributed by atoms with Crippen molar-refractivity contribution >= 4 is 10.0 Å². The van der Waals surface area contributed by atoms with Gasteiger partial charge in [0, 0.05) is 13.1 Å². The number of nitrogens with one attached hydrogen (secondary N) is 3. The number of nitrogens with zero attached hydrogens (tertiary/aromatic N) is 1. The highest BCUT2D eigenvalue weighted by atomic mass is 32.2. The molecule has 122 valence electrons. The lowest BCUT2D eigenvalue weighted by Gasteiger charge is -2.15. The molecule has 0 aliphatic heterocycles. The Hall–Kier alpha value is -0.920. The van der Waals surface area contributed by atoms with Gasteiger partial charge in [-0.15, -0.1) is 0 Å². The van der Waals surface area contributed by atoms with Crippen molar-refractivity contribution in [1.29, 1.82) is 0 Å². The van der Waals surface area contributed by atoms with E-state index in [1.54, 1.807) is 14.0 Å².